The molecule has 2 saturated heterocycles. The monoisotopic (exact) mass is 250 g/mol. The smallest absolute Gasteiger partial charge is 0.223 e. The maximum Gasteiger partial charge on any atom is 0.223 e. The van der Waals surface area contributed by atoms with Crippen LogP contribution >= 0.6 is 0 Å². The molecular formula is C15H26N2O. The predicted octanol–water partition coefficient (Wildman–Crippen LogP) is 2.14. The molecule has 3 heteroatoms. The molecule has 0 radical (unpaired) electrons. The summed E-state index contributed by atoms with van der Waals surface area (Å²) in [5.74, 6) is 1.43. The Labute approximate surface area is 111 Å². The maximum absolute atomic E-state index is 11.9. The van der Waals surface area contributed by atoms with Gasteiger partial charge < -0.3 is 9.80 Å². The van der Waals surface area contributed by atoms with Crippen LogP contribution in [0.25, 0.3) is 0 Å². The Morgan fingerprint density at radius 1 is 1.39 bits per heavy atom. The first-order chi connectivity index (χ1) is 8.72. The Morgan fingerprint density at radius 2 is 2.11 bits per heavy atom. The lowest BCUT2D eigenvalue weighted by Crippen LogP contribution is -2.39. The van der Waals surface area contributed by atoms with Crippen LogP contribution in [-0.2, 0) is 4.79 Å². The van der Waals surface area contributed by atoms with E-state index in [1.807, 2.05) is 6.08 Å². The van der Waals surface area contributed by atoms with Crippen molar-refractivity contribution in [2.45, 2.75) is 32.6 Å². The van der Waals surface area contributed by atoms with Crippen molar-refractivity contribution in [3.63, 3.8) is 0 Å². The van der Waals surface area contributed by atoms with Gasteiger partial charge in [-0.3, -0.25) is 4.79 Å². The lowest BCUT2D eigenvalue weighted by Gasteiger charge is -2.33. The predicted molar refractivity (Wildman–Crippen MR) is 74.3 cm³/mol. The van der Waals surface area contributed by atoms with E-state index in [4.69, 9.17) is 0 Å². The molecule has 2 aliphatic heterocycles. The van der Waals surface area contributed by atoms with Gasteiger partial charge in [-0.1, -0.05) is 13.0 Å². The van der Waals surface area contributed by atoms with Crippen LogP contribution in [0.15, 0.2) is 12.7 Å². The second-order valence-electron chi connectivity index (χ2n) is 5.78. The minimum absolute atomic E-state index is 0.330. The van der Waals surface area contributed by atoms with E-state index >= 15 is 0 Å². The van der Waals surface area contributed by atoms with E-state index in [9.17, 15) is 4.79 Å². The molecule has 2 heterocycles. The SMILES string of the molecule is C=CC1CC(=O)N(CC2CCN(CCC)CC2)C1. The molecule has 0 saturated carbocycles. The molecule has 1 atom stereocenters. The molecule has 3 nitrogen and oxygen atoms in total. The van der Waals surface area contributed by atoms with E-state index in [0.29, 0.717) is 24.2 Å². The van der Waals surface area contributed by atoms with Crippen molar-refractivity contribution in [3.8, 4) is 0 Å². The normalized spacial score (nSPS) is 26.8. The van der Waals surface area contributed by atoms with Crippen LogP contribution in [0.3, 0.4) is 0 Å². The third-order valence-electron chi connectivity index (χ3n) is 4.30. The number of amides is 1. The highest BCUT2D eigenvalue weighted by Gasteiger charge is 2.30. The van der Waals surface area contributed by atoms with Gasteiger partial charge in [0.2, 0.25) is 5.91 Å². The van der Waals surface area contributed by atoms with Crippen LogP contribution in [0.2, 0.25) is 0 Å². The van der Waals surface area contributed by atoms with E-state index in [1.165, 1.54) is 38.9 Å². The lowest BCUT2D eigenvalue weighted by atomic mass is 9.96. The van der Waals surface area contributed by atoms with Crippen molar-refractivity contribution in [2.75, 3.05) is 32.7 Å². The number of hydrogen-bond acceptors (Lipinski definition) is 2. The first-order valence-electron chi connectivity index (χ1n) is 7.35. The fraction of sp³-hybridized carbons (Fsp3) is 0.800. The molecule has 0 aromatic heterocycles. The second-order valence-corrected chi connectivity index (χ2v) is 5.78. The van der Waals surface area contributed by atoms with Gasteiger partial charge in [-0.25, -0.2) is 0 Å². The molecule has 2 rings (SSSR count). The minimum atomic E-state index is 0.330. The highest BCUT2D eigenvalue weighted by atomic mass is 16.2. The topological polar surface area (TPSA) is 23.6 Å². The van der Waals surface area contributed by atoms with Crippen molar-refractivity contribution in [1.82, 2.24) is 9.80 Å². The van der Waals surface area contributed by atoms with Gasteiger partial charge in [0.25, 0.3) is 0 Å². The Balaban J connectivity index is 1.75. The summed E-state index contributed by atoms with van der Waals surface area (Å²) in [6.07, 6.45) is 6.36. The summed E-state index contributed by atoms with van der Waals surface area (Å²) < 4.78 is 0. The van der Waals surface area contributed by atoms with Gasteiger partial charge in [-0.05, 0) is 44.8 Å². The third kappa shape index (κ3) is 3.35. The maximum atomic E-state index is 11.9. The second kappa shape index (κ2) is 6.37. The highest BCUT2D eigenvalue weighted by molar-refractivity contribution is 5.78. The Morgan fingerprint density at radius 3 is 2.67 bits per heavy atom. The van der Waals surface area contributed by atoms with Crippen LogP contribution < -0.4 is 0 Å². The summed E-state index contributed by atoms with van der Waals surface area (Å²) >= 11 is 0. The number of carbonyl (C=O) groups excluding carboxylic acids is 1. The van der Waals surface area contributed by atoms with Crippen molar-refractivity contribution in [2.24, 2.45) is 11.8 Å². The van der Waals surface area contributed by atoms with Gasteiger partial charge in [0, 0.05) is 25.4 Å². The largest absolute Gasteiger partial charge is 0.342 e. The van der Waals surface area contributed by atoms with E-state index in [-0.39, 0.29) is 0 Å². The summed E-state index contributed by atoms with van der Waals surface area (Å²) in [4.78, 5) is 16.5. The standard InChI is InChI=1S/C15H26N2O/c1-3-7-16-8-5-14(6-9-16)12-17-11-13(4-2)10-15(17)18/h4,13-14H,2-3,5-12H2,1H3. The Hall–Kier alpha value is -0.830. The van der Waals surface area contributed by atoms with Crippen molar-refractivity contribution >= 4 is 5.91 Å². The van der Waals surface area contributed by atoms with Crippen LogP contribution in [0.1, 0.15) is 32.6 Å². The number of likely N-dealkylation sites (tertiary alicyclic amines) is 2. The van der Waals surface area contributed by atoms with E-state index in [1.54, 1.807) is 0 Å². The minimum Gasteiger partial charge on any atom is -0.342 e. The average molecular weight is 250 g/mol. The summed E-state index contributed by atoms with van der Waals surface area (Å²) in [6, 6.07) is 0. The van der Waals surface area contributed by atoms with Gasteiger partial charge in [0.15, 0.2) is 0 Å². The van der Waals surface area contributed by atoms with Crippen molar-refractivity contribution in [3.05, 3.63) is 12.7 Å². The first-order valence-corrected chi connectivity index (χ1v) is 7.35. The zero-order valence-electron chi connectivity index (χ0n) is 11.6. The highest BCUT2D eigenvalue weighted by Crippen LogP contribution is 2.24. The number of piperidine rings is 1. The zero-order valence-corrected chi connectivity index (χ0v) is 11.6. The van der Waals surface area contributed by atoms with Gasteiger partial charge >= 0.3 is 0 Å². The van der Waals surface area contributed by atoms with Gasteiger partial charge in [-0.2, -0.15) is 0 Å². The van der Waals surface area contributed by atoms with E-state index in [2.05, 4.69) is 23.3 Å². The Kier molecular flexibility index (Phi) is 4.81. The molecule has 0 spiro atoms. The molecule has 0 aliphatic carbocycles. The fourth-order valence-corrected chi connectivity index (χ4v) is 3.16. The summed E-state index contributed by atoms with van der Waals surface area (Å²) in [5.41, 5.74) is 0. The summed E-state index contributed by atoms with van der Waals surface area (Å²) in [7, 11) is 0. The van der Waals surface area contributed by atoms with Crippen LogP contribution in [0.5, 0.6) is 0 Å². The molecule has 0 N–H and O–H groups in total. The van der Waals surface area contributed by atoms with Gasteiger partial charge in [0.05, 0.1) is 0 Å². The Bertz CT molecular complexity index is 295. The molecule has 102 valence electrons. The van der Waals surface area contributed by atoms with Crippen LogP contribution in [0, 0.1) is 11.8 Å². The fourth-order valence-electron chi connectivity index (χ4n) is 3.16. The molecule has 0 aromatic carbocycles. The van der Waals surface area contributed by atoms with Crippen LogP contribution in [0.4, 0.5) is 0 Å². The van der Waals surface area contributed by atoms with Crippen LogP contribution in [-0.4, -0.2) is 48.4 Å². The lowest BCUT2D eigenvalue weighted by molar-refractivity contribution is -0.128. The van der Waals surface area contributed by atoms with Crippen molar-refractivity contribution < 1.29 is 4.79 Å². The van der Waals surface area contributed by atoms with Gasteiger partial charge in [0.1, 0.15) is 0 Å². The number of rotatable bonds is 5. The quantitative estimate of drug-likeness (QED) is 0.698. The third-order valence-corrected chi connectivity index (χ3v) is 4.30. The number of carbonyl (C=O) groups is 1. The molecular weight excluding hydrogens is 224 g/mol. The van der Waals surface area contributed by atoms with Gasteiger partial charge in [-0.15, -0.1) is 6.58 Å². The summed E-state index contributed by atoms with van der Waals surface area (Å²) in [6.45, 7) is 11.6. The molecule has 1 amide bonds. The molecule has 2 fully saturated rings. The van der Waals surface area contributed by atoms with E-state index in [0.717, 1.165) is 13.1 Å². The average Bonchev–Trinajstić information content (AvgIpc) is 2.73. The number of nitrogens with zero attached hydrogens (tertiary/aromatic N) is 2. The first kappa shape index (κ1) is 13.6. The number of hydrogen-bond donors (Lipinski definition) is 0. The molecule has 1 unspecified atom stereocenters. The van der Waals surface area contributed by atoms with Crippen molar-refractivity contribution in [1.29, 1.82) is 0 Å². The van der Waals surface area contributed by atoms with E-state index < -0.39 is 0 Å². The molecule has 0 aromatic rings. The molecule has 0 bridgehead atoms. The summed E-state index contributed by atoms with van der Waals surface area (Å²) in [5, 5.41) is 0. The zero-order chi connectivity index (χ0) is 13.0. The molecule has 2 aliphatic rings. The molecule has 18 heavy (non-hydrogen) atoms.